The third-order valence-electron chi connectivity index (χ3n) is 4.88. The summed E-state index contributed by atoms with van der Waals surface area (Å²) in [6.45, 7) is 6.50. The number of anilines is 1. The molecular weight excluding hydrogens is 378 g/mol. The van der Waals surface area contributed by atoms with E-state index in [9.17, 15) is 9.59 Å². The van der Waals surface area contributed by atoms with Crippen LogP contribution in [-0.2, 0) is 16.1 Å². The molecule has 0 bridgehead atoms. The van der Waals surface area contributed by atoms with E-state index >= 15 is 0 Å². The summed E-state index contributed by atoms with van der Waals surface area (Å²) in [6.07, 6.45) is 0. The number of nitrogens with one attached hydrogen (secondary N) is 1. The largest absolute Gasteiger partial charge is 0.462 e. The van der Waals surface area contributed by atoms with E-state index in [-0.39, 0.29) is 18.4 Å². The van der Waals surface area contributed by atoms with Gasteiger partial charge in [0.15, 0.2) is 0 Å². The molecule has 0 aliphatic rings. The van der Waals surface area contributed by atoms with Crippen molar-refractivity contribution in [2.75, 3.05) is 25.5 Å². The summed E-state index contributed by atoms with van der Waals surface area (Å²) in [5.74, 6) is -0.516. The van der Waals surface area contributed by atoms with Crippen LogP contribution < -0.4 is 5.32 Å². The van der Waals surface area contributed by atoms with Crippen LogP contribution in [0.5, 0.6) is 0 Å². The Kier molecular flexibility index (Phi) is 6.79. The Morgan fingerprint density at radius 1 is 1.07 bits per heavy atom. The van der Waals surface area contributed by atoms with E-state index in [0.717, 1.165) is 27.7 Å². The van der Waals surface area contributed by atoms with Gasteiger partial charge in [0.1, 0.15) is 0 Å². The molecule has 6 heteroatoms. The predicted molar refractivity (Wildman–Crippen MR) is 119 cm³/mol. The van der Waals surface area contributed by atoms with E-state index in [0.29, 0.717) is 24.4 Å². The maximum absolute atomic E-state index is 12.6. The number of nitrogens with zero attached hydrogens (tertiary/aromatic N) is 2. The molecule has 6 nitrogen and oxygen atoms in total. The number of rotatable bonds is 7. The normalized spacial score (nSPS) is 11.0. The van der Waals surface area contributed by atoms with Crippen LogP contribution in [0.25, 0.3) is 10.9 Å². The average molecular weight is 405 g/mol. The van der Waals surface area contributed by atoms with E-state index in [4.69, 9.17) is 9.72 Å². The molecule has 0 aliphatic carbocycles. The zero-order valence-electron chi connectivity index (χ0n) is 17.9. The molecule has 0 fully saturated rings. The van der Waals surface area contributed by atoms with E-state index in [2.05, 4.69) is 5.32 Å². The van der Waals surface area contributed by atoms with E-state index in [1.807, 2.05) is 74.3 Å². The molecular formula is C24H27N3O3. The third-order valence-corrected chi connectivity index (χ3v) is 4.88. The van der Waals surface area contributed by atoms with Crippen LogP contribution in [0.2, 0.25) is 0 Å². The number of hydrogen-bond donors (Lipinski definition) is 1. The van der Waals surface area contributed by atoms with E-state index < -0.39 is 0 Å². The van der Waals surface area contributed by atoms with Crippen molar-refractivity contribution in [3.05, 3.63) is 70.9 Å². The molecule has 0 radical (unpaired) electrons. The van der Waals surface area contributed by atoms with Crippen molar-refractivity contribution in [1.29, 1.82) is 0 Å². The number of aromatic nitrogens is 1. The fourth-order valence-electron chi connectivity index (χ4n) is 3.42. The number of pyridine rings is 1. The molecule has 1 heterocycles. The zero-order chi connectivity index (χ0) is 21.7. The minimum Gasteiger partial charge on any atom is -0.462 e. The molecule has 1 amide bonds. The Balaban J connectivity index is 1.81. The minimum atomic E-state index is -0.388. The topological polar surface area (TPSA) is 71.5 Å². The lowest BCUT2D eigenvalue weighted by molar-refractivity contribution is -0.117. The maximum atomic E-state index is 12.6. The van der Waals surface area contributed by atoms with Gasteiger partial charge < -0.3 is 10.1 Å². The number of benzene rings is 2. The summed E-state index contributed by atoms with van der Waals surface area (Å²) in [7, 11) is 1.83. The van der Waals surface area contributed by atoms with Gasteiger partial charge in [-0.25, -0.2) is 4.79 Å². The molecule has 0 spiro atoms. The summed E-state index contributed by atoms with van der Waals surface area (Å²) < 4.78 is 5.27. The molecule has 3 aromatic rings. The first kappa shape index (κ1) is 21.5. The van der Waals surface area contributed by atoms with Crippen molar-refractivity contribution in [3.8, 4) is 0 Å². The van der Waals surface area contributed by atoms with Gasteiger partial charge in [-0.3, -0.25) is 14.7 Å². The molecule has 3 rings (SSSR count). The lowest BCUT2D eigenvalue weighted by Gasteiger charge is -2.19. The first-order chi connectivity index (χ1) is 14.4. The molecule has 1 N–H and O–H groups in total. The van der Waals surface area contributed by atoms with Crippen LogP contribution in [0.3, 0.4) is 0 Å². The van der Waals surface area contributed by atoms with E-state index in [1.54, 1.807) is 6.92 Å². The lowest BCUT2D eigenvalue weighted by Crippen LogP contribution is -2.31. The Labute approximate surface area is 176 Å². The average Bonchev–Trinajstić information content (AvgIpc) is 2.70. The highest BCUT2D eigenvalue weighted by atomic mass is 16.5. The molecule has 0 saturated heterocycles. The second kappa shape index (κ2) is 9.50. The van der Waals surface area contributed by atoms with Crippen LogP contribution in [0.4, 0.5) is 5.69 Å². The van der Waals surface area contributed by atoms with Gasteiger partial charge in [0.05, 0.1) is 29.9 Å². The predicted octanol–water partition coefficient (Wildman–Crippen LogP) is 4.10. The second-order valence-corrected chi connectivity index (χ2v) is 7.38. The number of aryl methyl sites for hydroxylation is 2. The number of amides is 1. The number of hydrogen-bond acceptors (Lipinski definition) is 5. The van der Waals surface area contributed by atoms with Gasteiger partial charge in [0, 0.05) is 17.6 Å². The van der Waals surface area contributed by atoms with Crippen LogP contribution in [0.1, 0.15) is 34.1 Å². The molecule has 156 valence electrons. The molecule has 30 heavy (non-hydrogen) atoms. The molecule has 0 aliphatic heterocycles. The van der Waals surface area contributed by atoms with Gasteiger partial charge in [-0.1, -0.05) is 35.9 Å². The first-order valence-electron chi connectivity index (χ1n) is 9.99. The summed E-state index contributed by atoms with van der Waals surface area (Å²) in [5.41, 5.74) is 4.62. The molecule has 0 atom stereocenters. The Morgan fingerprint density at radius 3 is 2.47 bits per heavy atom. The van der Waals surface area contributed by atoms with Gasteiger partial charge in [-0.2, -0.15) is 0 Å². The molecule has 2 aromatic carbocycles. The number of carbonyl (C=O) groups is 2. The van der Waals surface area contributed by atoms with Gasteiger partial charge >= 0.3 is 5.97 Å². The third kappa shape index (κ3) is 5.02. The highest BCUT2D eigenvalue weighted by molar-refractivity contribution is 5.98. The van der Waals surface area contributed by atoms with Crippen molar-refractivity contribution >= 4 is 28.5 Å². The van der Waals surface area contributed by atoms with Crippen molar-refractivity contribution in [3.63, 3.8) is 0 Å². The Morgan fingerprint density at radius 2 is 1.77 bits per heavy atom. The summed E-state index contributed by atoms with van der Waals surface area (Å²) in [6, 6.07) is 15.4. The Hall–Kier alpha value is -3.25. The Bertz CT molecular complexity index is 1060. The highest BCUT2D eigenvalue weighted by Gasteiger charge is 2.21. The number of esters is 1. The summed E-state index contributed by atoms with van der Waals surface area (Å²) >= 11 is 0. The number of para-hydroxylation sites is 1. The van der Waals surface area contributed by atoms with Crippen LogP contribution in [0.15, 0.2) is 48.5 Å². The smallest absolute Gasteiger partial charge is 0.340 e. The maximum Gasteiger partial charge on any atom is 0.340 e. The highest BCUT2D eigenvalue weighted by Crippen LogP contribution is 2.24. The van der Waals surface area contributed by atoms with Crippen molar-refractivity contribution in [1.82, 2.24) is 9.88 Å². The molecule has 0 saturated carbocycles. The van der Waals surface area contributed by atoms with E-state index in [1.165, 1.54) is 0 Å². The summed E-state index contributed by atoms with van der Waals surface area (Å²) in [5, 5.41) is 3.81. The van der Waals surface area contributed by atoms with Crippen molar-refractivity contribution in [2.45, 2.75) is 27.3 Å². The quantitative estimate of drug-likeness (QED) is 0.599. The number of likely N-dealkylation sites (N-methyl/N-ethyl adjacent to an activating group) is 1. The van der Waals surface area contributed by atoms with Crippen molar-refractivity contribution < 1.29 is 14.3 Å². The van der Waals surface area contributed by atoms with Gasteiger partial charge in [-0.15, -0.1) is 0 Å². The van der Waals surface area contributed by atoms with Crippen molar-refractivity contribution in [2.24, 2.45) is 0 Å². The van der Waals surface area contributed by atoms with Gasteiger partial charge in [-0.05, 0) is 51.6 Å². The molecule has 1 aromatic heterocycles. The minimum absolute atomic E-state index is 0.128. The number of carbonyl (C=O) groups excluding carboxylic acids is 2. The lowest BCUT2D eigenvalue weighted by atomic mass is 10.0. The fraction of sp³-hybridized carbons (Fsp3) is 0.292. The SMILES string of the molecule is CCOC(=O)c1c(CN(C)CC(=O)Nc2ccc(C)cc2)nc2ccccc2c1C. The fourth-order valence-corrected chi connectivity index (χ4v) is 3.42. The number of ether oxygens (including phenoxy) is 1. The van der Waals surface area contributed by atoms with Crippen LogP contribution in [-0.4, -0.2) is 42.0 Å². The van der Waals surface area contributed by atoms with Gasteiger partial charge in [0.2, 0.25) is 5.91 Å². The molecule has 0 unspecified atom stereocenters. The zero-order valence-corrected chi connectivity index (χ0v) is 17.9. The monoisotopic (exact) mass is 405 g/mol. The van der Waals surface area contributed by atoms with Crippen LogP contribution in [0, 0.1) is 13.8 Å². The number of fused-ring (bicyclic) bond motifs is 1. The van der Waals surface area contributed by atoms with Crippen LogP contribution >= 0.6 is 0 Å². The second-order valence-electron chi connectivity index (χ2n) is 7.38. The summed E-state index contributed by atoms with van der Waals surface area (Å²) in [4.78, 5) is 31.6. The standard InChI is InChI=1S/C24H27N3O3/c1-5-30-24(29)23-17(3)19-8-6-7-9-20(19)26-21(23)14-27(4)15-22(28)25-18-12-10-16(2)11-13-18/h6-13H,5,14-15H2,1-4H3,(H,25,28). The first-order valence-corrected chi connectivity index (χ1v) is 9.99. The van der Waals surface area contributed by atoms with Gasteiger partial charge in [0.25, 0.3) is 0 Å².